The molecule has 0 aliphatic carbocycles. The van der Waals surface area contributed by atoms with Crippen molar-refractivity contribution < 1.29 is 4.79 Å². The van der Waals surface area contributed by atoms with Crippen LogP contribution >= 0.6 is 0 Å². The van der Waals surface area contributed by atoms with E-state index in [0.29, 0.717) is 6.42 Å². The summed E-state index contributed by atoms with van der Waals surface area (Å²) in [6.45, 7) is 17.4. The lowest BCUT2D eigenvalue weighted by Crippen LogP contribution is -2.30. The van der Waals surface area contributed by atoms with Gasteiger partial charge in [-0.3, -0.25) is 9.79 Å². The second-order valence-electron chi connectivity index (χ2n) is 6.05. The highest BCUT2D eigenvalue weighted by atomic mass is 16.1. The molecule has 0 rings (SSSR count). The normalized spacial score (nSPS) is 15.0. The van der Waals surface area contributed by atoms with Gasteiger partial charge in [-0.25, -0.2) is 0 Å². The van der Waals surface area contributed by atoms with Crippen LogP contribution in [0.1, 0.15) is 54.9 Å². The average Bonchev–Trinajstić information content (AvgIpc) is 2.24. The van der Waals surface area contributed by atoms with E-state index in [9.17, 15) is 4.79 Å². The summed E-state index contributed by atoms with van der Waals surface area (Å²) in [5, 5.41) is 0. The van der Waals surface area contributed by atoms with E-state index in [-0.39, 0.29) is 17.2 Å². The van der Waals surface area contributed by atoms with Crippen molar-refractivity contribution in [2.45, 2.75) is 60.9 Å². The number of rotatable bonds is 7. The van der Waals surface area contributed by atoms with Gasteiger partial charge in [0, 0.05) is 24.1 Å². The molecule has 1 unspecified atom stereocenters. The second kappa shape index (κ2) is 7.67. The molecule has 0 aliphatic heterocycles. The largest absolute Gasteiger partial charge is 0.302 e. The van der Waals surface area contributed by atoms with Crippen LogP contribution in [-0.2, 0) is 4.79 Å². The van der Waals surface area contributed by atoms with Crippen molar-refractivity contribution in [1.29, 1.82) is 0 Å². The maximum Gasteiger partial charge on any atom is 0.143 e. The smallest absolute Gasteiger partial charge is 0.143 e. The molecule has 0 aromatic heterocycles. The zero-order chi connectivity index (χ0) is 14.3. The molecule has 0 bridgehead atoms. The van der Waals surface area contributed by atoms with Crippen LogP contribution in [0.15, 0.2) is 4.99 Å². The molecule has 106 valence electrons. The van der Waals surface area contributed by atoms with Crippen molar-refractivity contribution in [3.63, 3.8) is 0 Å². The molecule has 3 heteroatoms. The zero-order valence-corrected chi connectivity index (χ0v) is 13.2. The molecule has 0 fully saturated rings. The van der Waals surface area contributed by atoms with Crippen LogP contribution in [0, 0.1) is 5.41 Å². The van der Waals surface area contributed by atoms with Crippen molar-refractivity contribution in [2.75, 3.05) is 19.6 Å². The molecule has 18 heavy (non-hydrogen) atoms. The molecule has 0 N–H and O–H groups in total. The fraction of sp³-hybridized carbons (Fsp3) is 0.867. The summed E-state index contributed by atoms with van der Waals surface area (Å²) >= 11 is 0. The van der Waals surface area contributed by atoms with E-state index in [4.69, 9.17) is 0 Å². The Kier molecular flexibility index (Phi) is 7.37. The molecule has 0 aromatic carbocycles. The van der Waals surface area contributed by atoms with E-state index in [1.54, 1.807) is 0 Å². The first kappa shape index (κ1) is 17.3. The van der Waals surface area contributed by atoms with Crippen molar-refractivity contribution in [1.82, 2.24) is 4.90 Å². The number of carbonyl (C=O) groups is 1. The van der Waals surface area contributed by atoms with Gasteiger partial charge >= 0.3 is 0 Å². The van der Waals surface area contributed by atoms with Crippen molar-refractivity contribution >= 4 is 11.5 Å². The molecule has 0 spiro atoms. The summed E-state index contributed by atoms with van der Waals surface area (Å²) in [6.07, 6.45) is 0.478. The van der Waals surface area contributed by atoms with E-state index in [2.05, 4.69) is 30.7 Å². The molecule has 0 aromatic rings. The molecule has 0 saturated heterocycles. The number of carbonyl (C=O) groups excluding carboxylic acids is 1. The first-order valence-corrected chi connectivity index (χ1v) is 6.99. The van der Waals surface area contributed by atoms with Crippen LogP contribution < -0.4 is 0 Å². The summed E-state index contributed by atoms with van der Waals surface area (Å²) in [5.74, 6) is 0.263. The molecule has 1 atom stereocenters. The van der Waals surface area contributed by atoms with Gasteiger partial charge in [0.1, 0.15) is 5.78 Å². The topological polar surface area (TPSA) is 32.7 Å². The molecule has 0 heterocycles. The molecule has 0 aliphatic rings. The highest BCUT2D eigenvalue weighted by Gasteiger charge is 2.21. The Labute approximate surface area is 113 Å². The van der Waals surface area contributed by atoms with Crippen LogP contribution in [0.25, 0.3) is 0 Å². The Balaban J connectivity index is 4.37. The Morgan fingerprint density at radius 3 is 2.11 bits per heavy atom. The van der Waals surface area contributed by atoms with Gasteiger partial charge in [-0.1, -0.05) is 34.6 Å². The molecular weight excluding hydrogens is 224 g/mol. The minimum Gasteiger partial charge on any atom is -0.302 e. The van der Waals surface area contributed by atoms with Gasteiger partial charge in [0.05, 0.1) is 6.04 Å². The molecule has 0 amide bonds. The standard InChI is InChI=1S/C15H30N2O/c1-8-17(9-2)11-13(4)16-12(3)10-14(18)15(5,6)7/h13H,8-11H2,1-7H3. The molecule has 3 nitrogen and oxygen atoms in total. The predicted octanol–water partition coefficient (Wildman–Crippen LogP) is 3.18. The Hall–Kier alpha value is -0.700. The number of hydrogen-bond donors (Lipinski definition) is 0. The zero-order valence-electron chi connectivity index (χ0n) is 13.2. The first-order chi connectivity index (χ1) is 8.20. The lowest BCUT2D eigenvalue weighted by Gasteiger charge is -2.21. The van der Waals surface area contributed by atoms with Gasteiger partial charge in [-0.05, 0) is 26.9 Å². The molecule has 0 saturated carbocycles. The maximum absolute atomic E-state index is 11.9. The van der Waals surface area contributed by atoms with E-state index in [1.165, 1.54) is 0 Å². The number of nitrogens with zero attached hydrogens (tertiary/aromatic N) is 2. The SMILES string of the molecule is CCN(CC)CC(C)N=C(C)CC(=O)C(C)(C)C. The van der Waals surface area contributed by atoms with Crippen LogP contribution in [0.4, 0.5) is 0 Å². The van der Waals surface area contributed by atoms with Gasteiger partial charge in [0.25, 0.3) is 0 Å². The quantitative estimate of drug-likeness (QED) is 0.654. The highest BCUT2D eigenvalue weighted by molar-refractivity contribution is 6.02. The predicted molar refractivity (Wildman–Crippen MR) is 79.4 cm³/mol. The summed E-state index contributed by atoms with van der Waals surface area (Å²) < 4.78 is 0. The number of hydrogen-bond acceptors (Lipinski definition) is 3. The van der Waals surface area contributed by atoms with Gasteiger partial charge in [0.2, 0.25) is 0 Å². The van der Waals surface area contributed by atoms with E-state index < -0.39 is 0 Å². The number of ketones is 1. The summed E-state index contributed by atoms with van der Waals surface area (Å²) in [7, 11) is 0. The van der Waals surface area contributed by atoms with E-state index in [1.807, 2.05) is 27.7 Å². The first-order valence-electron chi connectivity index (χ1n) is 6.99. The van der Waals surface area contributed by atoms with E-state index in [0.717, 1.165) is 25.3 Å². The summed E-state index contributed by atoms with van der Waals surface area (Å²) in [5.41, 5.74) is 0.688. The summed E-state index contributed by atoms with van der Waals surface area (Å²) in [4.78, 5) is 18.9. The van der Waals surface area contributed by atoms with Crippen LogP contribution in [-0.4, -0.2) is 42.1 Å². The average molecular weight is 254 g/mol. The minimum absolute atomic E-state index is 0.262. The number of Topliss-reactive ketones (excluding diaryl/α,β-unsaturated/α-hetero) is 1. The highest BCUT2D eigenvalue weighted by Crippen LogP contribution is 2.17. The number of aliphatic imine (C=N–C) groups is 1. The Morgan fingerprint density at radius 2 is 1.72 bits per heavy atom. The maximum atomic E-state index is 11.9. The fourth-order valence-electron chi connectivity index (χ4n) is 1.82. The second-order valence-corrected chi connectivity index (χ2v) is 6.05. The van der Waals surface area contributed by atoms with Gasteiger partial charge in [0.15, 0.2) is 0 Å². The fourth-order valence-corrected chi connectivity index (χ4v) is 1.82. The monoisotopic (exact) mass is 254 g/mol. The van der Waals surface area contributed by atoms with Crippen molar-refractivity contribution in [2.24, 2.45) is 10.4 Å². The Bertz CT molecular complexity index is 285. The summed E-state index contributed by atoms with van der Waals surface area (Å²) in [6, 6.07) is 0.262. The minimum atomic E-state index is -0.265. The van der Waals surface area contributed by atoms with Crippen molar-refractivity contribution in [3.05, 3.63) is 0 Å². The third-order valence-corrected chi connectivity index (χ3v) is 3.11. The third kappa shape index (κ3) is 6.90. The van der Waals surface area contributed by atoms with Crippen LogP contribution in [0.3, 0.4) is 0 Å². The van der Waals surface area contributed by atoms with E-state index >= 15 is 0 Å². The van der Waals surface area contributed by atoms with Crippen LogP contribution in [0.2, 0.25) is 0 Å². The lowest BCUT2D eigenvalue weighted by molar-refractivity contribution is -0.125. The van der Waals surface area contributed by atoms with Gasteiger partial charge in [-0.15, -0.1) is 0 Å². The van der Waals surface area contributed by atoms with Crippen molar-refractivity contribution in [3.8, 4) is 0 Å². The molecular formula is C15H30N2O. The molecule has 0 radical (unpaired) electrons. The Morgan fingerprint density at radius 1 is 1.22 bits per heavy atom. The van der Waals surface area contributed by atoms with Gasteiger partial charge in [-0.2, -0.15) is 0 Å². The number of likely N-dealkylation sites (N-methyl/N-ethyl adjacent to an activating group) is 1. The van der Waals surface area contributed by atoms with Crippen LogP contribution in [0.5, 0.6) is 0 Å². The third-order valence-electron chi connectivity index (χ3n) is 3.11. The van der Waals surface area contributed by atoms with Gasteiger partial charge < -0.3 is 4.90 Å². The lowest BCUT2D eigenvalue weighted by atomic mass is 9.88.